The molecule has 0 bridgehead atoms. The summed E-state index contributed by atoms with van der Waals surface area (Å²) >= 11 is 0. The molecule has 12 heteroatoms. The van der Waals surface area contributed by atoms with E-state index in [-0.39, 0.29) is 48.5 Å². The molecule has 1 saturated heterocycles. The van der Waals surface area contributed by atoms with Crippen molar-refractivity contribution in [1.29, 1.82) is 0 Å². The molecule has 0 aromatic heterocycles. The van der Waals surface area contributed by atoms with Gasteiger partial charge in [-0.25, -0.2) is 4.79 Å². The monoisotopic (exact) mass is 700 g/mol. The molecule has 0 radical (unpaired) electrons. The van der Waals surface area contributed by atoms with Gasteiger partial charge in [-0.15, -0.1) is 0 Å². The van der Waals surface area contributed by atoms with E-state index in [2.05, 4.69) is 67.7 Å². The zero-order chi connectivity index (χ0) is 35.8. The maximum Gasteiger partial charge on any atom is 0.338 e. The van der Waals surface area contributed by atoms with Crippen LogP contribution in [0, 0.1) is 0 Å². The summed E-state index contributed by atoms with van der Waals surface area (Å²) in [6, 6.07) is 6.62. The Labute approximate surface area is 285 Å². The van der Waals surface area contributed by atoms with E-state index in [1.54, 1.807) is 31.4 Å². The van der Waals surface area contributed by atoms with Crippen LogP contribution in [0.4, 0.5) is 0 Å². The van der Waals surface area contributed by atoms with Crippen LogP contribution < -0.4 is 4.74 Å². The molecule has 47 heavy (non-hydrogen) atoms. The van der Waals surface area contributed by atoms with Crippen molar-refractivity contribution in [3.63, 3.8) is 0 Å². The Morgan fingerprint density at radius 3 is 2.11 bits per heavy atom. The highest BCUT2D eigenvalue weighted by Gasteiger charge is 2.46. The molecule has 1 aliphatic heterocycles. The number of hydrogen-bond acceptors (Lipinski definition) is 10. The third kappa shape index (κ3) is 13.1. The van der Waals surface area contributed by atoms with E-state index < -0.39 is 52.8 Å². The minimum atomic E-state index is -2.16. The number of carbonyl (C=O) groups excluding carboxylic acids is 1. The minimum Gasteiger partial charge on any atom is -0.497 e. The number of rotatable bonds is 17. The third-order valence-electron chi connectivity index (χ3n) is 10.1. The van der Waals surface area contributed by atoms with Crippen LogP contribution in [0.1, 0.15) is 96.8 Å². The first-order valence-electron chi connectivity index (χ1n) is 17.0. The van der Waals surface area contributed by atoms with E-state index in [1.807, 2.05) is 0 Å². The Hall–Kier alpha value is -1.36. The van der Waals surface area contributed by atoms with E-state index in [9.17, 15) is 25.2 Å². The summed E-state index contributed by atoms with van der Waals surface area (Å²) < 4.78 is 30.0. The first kappa shape index (κ1) is 41.8. The number of esters is 1. The topological polar surface area (TPSA) is 144 Å². The summed E-state index contributed by atoms with van der Waals surface area (Å²) in [7, 11) is -2.66. The molecule has 10 nitrogen and oxygen atoms in total. The first-order valence-corrected chi connectivity index (χ1v) is 22.9. The van der Waals surface area contributed by atoms with Crippen LogP contribution >= 0.6 is 0 Å². The average molecular weight is 701 g/mol. The van der Waals surface area contributed by atoms with Gasteiger partial charge in [0, 0.05) is 38.9 Å². The van der Waals surface area contributed by atoms with Gasteiger partial charge in [0.2, 0.25) is 0 Å². The number of ether oxygens (including phenoxy) is 3. The maximum atomic E-state index is 13.1. The van der Waals surface area contributed by atoms with Gasteiger partial charge in [-0.05, 0) is 79.8 Å². The van der Waals surface area contributed by atoms with E-state index in [0.29, 0.717) is 37.2 Å². The highest BCUT2D eigenvalue weighted by molar-refractivity contribution is 6.74. The lowest BCUT2D eigenvalue weighted by atomic mass is 9.91. The van der Waals surface area contributed by atoms with Gasteiger partial charge >= 0.3 is 5.97 Å². The fourth-order valence-electron chi connectivity index (χ4n) is 5.27. The smallest absolute Gasteiger partial charge is 0.338 e. The van der Waals surface area contributed by atoms with Gasteiger partial charge in [0.1, 0.15) is 11.9 Å². The molecule has 1 aliphatic rings. The van der Waals surface area contributed by atoms with E-state index >= 15 is 0 Å². The minimum absolute atomic E-state index is 0.0122. The summed E-state index contributed by atoms with van der Waals surface area (Å²) in [6.45, 7) is 21.8. The summed E-state index contributed by atoms with van der Waals surface area (Å²) in [6.07, 6.45) is -2.14. The van der Waals surface area contributed by atoms with Crippen LogP contribution in [-0.2, 0) is 18.3 Å². The van der Waals surface area contributed by atoms with E-state index in [1.165, 1.54) is 0 Å². The van der Waals surface area contributed by atoms with Crippen LogP contribution in [0.3, 0.4) is 0 Å². The van der Waals surface area contributed by atoms with Gasteiger partial charge in [0.25, 0.3) is 0 Å². The Bertz CT molecular complexity index is 1100. The van der Waals surface area contributed by atoms with Gasteiger partial charge in [-0.3, -0.25) is 0 Å². The number of hydrogen-bond donors (Lipinski definition) is 4. The molecule has 0 amide bonds. The number of carbonyl (C=O) groups is 1. The second-order valence-corrected chi connectivity index (χ2v) is 25.8. The number of aliphatic hydroxyl groups excluding tert-OH is 3. The first-order chi connectivity index (χ1) is 21.5. The fourth-order valence-corrected chi connectivity index (χ4v) is 7.70. The molecule has 0 saturated carbocycles. The molecule has 0 spiro atoms. The van der Waals surface area contributed by atoms with Crippen LogP contribution in [0.15, 0.2) is 24.3 Å². The SMILES string of the molecule is COc1ccc(C(=O)O[C@H](CCO[Si](C)(C)C(C)(C)C)C[C@@H](O)C[C@@H](O)CC2(O)C[C@@H](O[Si](C)(C)C(C)(C)C)C[C@H](CCO)O2)cc1. The number of benzene rings is 1. The highest BCUT2D eigenvalue weighted by Crippen LogP contribution is 2.42. The zero-order valence-electron chi connectivity index (χ0n) is 30.8. The standard InChI is InChI=1S/C35H64O10Si2/c1-33(2,3)46(8,9)42-19-17-29(43-32(39)25-12-14-28(41-7)15-13-25)21-26(37)20-27(38)23-35(40)24-31(22-30(44-35)16-18-36)45-47(10,11)34(4,5)6/h12-15,26-27,29-31,36-38,40H,16-24H2,1-11H3/t26-,27+,29+,30-,31-,35?/m0/s1. The molecular weight excluding hydrogens is 637 g/mol. The Kier molecular flexibility index (Phi) is 15.2. The summed E-state index contributed by atoms with van der Waals surface area (Å²) in [5.41, 5.74) is 0.360. The van der Waals surface area contributed by atoms with Gasteiger partial charge < -0.3 is 43.5 Å². The van der Waals surface area contributed by atoms with Crippen LogP contribution in [0.5, 0.6) is 5.75 Å². The molecular formula is C35H64O10Si2. The zero-order valence-corrected chi connectivity index (χ0v) is 32.8. The normalized spacial score (nSPS) is 23.2. The third-order valence-corrected chi connectivity index (χ3v) is 19.2. The number of methoxy groups -OCH3 is 1. The molecule has 1 unspecified atom stereocenters. The average Bonchev–Trinajstić information content (AvgIpc) is 2.90. The summed E-state index contributed by atoms with van der Waals surface area (Å²) in [5.74, 6) is -1.58. The molecule has 1 aromatic carbocycles. The Morgan fingerprint density at radius 1 is 0.979 bits per heavy atom. The van der Waals surface area contributed by atoms with Gasteiger partial charge in [-0.2, -0.15) is 0 Å². The predicted molar refractivity (Wildman–Crippen MR) is 189 cm³/mol. The molecule has 2 rings (SSSR count). The second-order valence-electron chi connectivity index (χ2n) is 16.3. The van der Waals surface area contributed by atoms with Crippen LogP contribution in [-0.4, -0.2) is 99.7 Å². The van der Waals surface area contributed by atoms with E-state index in [4.69, 9.17) is 23.1 Å². The van der Waals surface area contributed by atoms with Gasteiger partial charge in [0.05, 0.1) is 37.1 Å². The van der Waals surface area contributed by atoms with Crippen molar-refractivity contribution in [1.82, 2.24) is 0 Å². The Balaban J connectivity index is 2.11. The van der Waals surface area contributed by atoms with Gasteiger partial charge in [-0.1, -0.05) is 41.5 Å². The quantitative estimate of drug-likeness (QED) is 0.110. The van der Waals surface area contributed by atoms with Crippen molar-refractivity contribution in [2.24, 2.45) is 0 Å². The lowest BCUT2D eigenvalue weighted by Gasteiger charge is -2.46. The molecule has 4 N–H and O–H groups in total. The maximum absolute atomic E-state index is 13.1. The molecule has 1 aromatic rings. The summed E-state index contributed by atoms with van der Waals surface area (Å²) in [5, 5.41) is 43.3. The van der Waals surface area contributed by atoms with Gasteiger partial charge in [0.15, 0.2) is 22.4 Å². The second kappa shape index (κ2) is 17.0. The molecule has 1 heterocycles. The Morgan fingerprint density at radius 2 is 1.57 bits per heavy atom. The van der Waals surface area contributed by atoms with Crippen molar-refractivity contribution >= 4 is 22.6 Å². The lowest BCUT2D eigenvalue weighted by Crippen LogP contribution is -2.53. The van der Waals surface area contributed by atoms with Crippen molar-refractivity contribution in [2.75, 3.05) is 20.3 Å². The largest absolute Gasteiger partial charge is 0.497 e. The molecule has 6 atom stereocenters. The van der Waals surface area contributed by atoms with Crippen molar-refractivity contribution in [2.45, 2.75) is 159 Å². The van der Waals surface area contributed by atoms with Crippen molar-refractivity contribution in [3.8, 4) is 5.75 Å². The van der Waals surface area contributed by atoms with Crippen LogP contribution in [0.25, 0.3) is 0 Å². The van der Waals surface area contributed by atoms with Crippen molar-refractivity contribution in [3.05, 3.63) is 29.8 Å². The molecule has 0 aliphatic carbocycles. The fraction of sp³-hybridized carbons (Fsp3) is 0.800. The highest BCUT2D eigenvalue weighted by atomic mass is 28.4. The summed E-state index contributed by atoms with van der Waals surface area (Å²) in [4.78, 5) is 13.1. The lowest BCUT2D eigenvalue weighted by molar-refractivity contribution is -0.283. The van der Waals surface area contributed by atoms with Crippen LogP contribution in [0.2, 0.25) is 36.3 Å². The predicted octanol–water partition coefficient (Wildman–Crippen LogP) is 6.17. The van der Waals surface area contributed by atoms with Crippen molar-refractivity contribution < 1.29 is 48.3 Å². The number of aliphatic hydroxyl groups is 4. The van der Waals surface area contributed by atoms with E-state index in [0.717, 1.165) is 0 Å². The molecule has 1 fully saturated rings. The molecule has 272 valence electrons.